The number of carbonyl (C=O) groups excluding carboxylic acids is 2. The minimum Gasteiger partial charge on any atom is -0.351 e. The molecule has 2 rings (SSSR count). The van der Waals surface area contributed by atoms with Gasteiger partial charge in [0.2, 0.25) is 5.91 Å². The van der Waals surface area contributed by atoms with Gasteiger partial charge in [-0.3, -0.25) is 14.3 Å². The van der Waals surface area contributed by atoms with E-state index < -0.39 is 6.04 Å². The number of nitrogens with one attached hydrogen (secondary N) is 3. The maximum absolute atomic E-state index is 12.5. The van der Waals surface area contributed by atoms with Crippen molar-refractivity contribution in [1.82, 2.24) is 30.6 Å². The zero-order chi connectivity index (χ0) is 19.8. The molecule has 2 amide bonds. The minimum absolute atomic E-state index is 0.117. The van der Waals surface area contributed by atoms with E-state index in [0.29, 0.717) is 18.7 Å². The molecule has 8 nitrogen and oxygen atoms in total. The molecule has 0 bridgehead atoms. The fourth-order valence-electron chi connectivity index (χ4n) is 2.65. The van der Waals surface area contributed by atoms with Gasteiger partial charge in [-0.25, -0.2) is 0 Å². The Morgan fingerprint density at radius 2 is 2.04 bits per heavy atom. The molecule has 0 aliphatic carbocycles. The monoisotopic (exact) mass is 372 g/mol. The fraction of sp³-hybridized carbons (Fsp3) is 0.421. The normalized spacial score (nSPS) is 12.0. The molecule has 0 spiro atoms. The number of amides is 2. The molecule has 8 heteroatoms. The number of hydrogen-bond acceptors (Lipinski definition) is 5. The van der Waals surface area contributed by atoms with Gasteiger partial charge in [-0.1, -0.05) is 12.1 Å². The third kappa shape index (κ3) is 6.19. The van der Waals surface area contributed by atoms with Gasteiger partial charge in [0.25, 0.3) is 5.91 Å². The Kier molecular flexibility index (Phi) is 7.51. The number of carbonyl (C=O) groups is 2. The predicted octanol–water partition coefficient (Wildman–Crippen LogP) is 0.288. The van der Waals surface area contributed by atoms with Crippen LogP contribution in [0.15, 0.2) is 36.7 Å². The van der Waals surface area contributed by atoms with Crippen LogP contribution in [0.1, 0.15) is 27.5 Å². The van der Waals surface area contributed by atoms with Crippen molar-refractivity contribution in [2.24, 2.45) is 7.05 Å². The molecule has 0 aliphatic heterocycles. The smallest absolute Gasteiger partial charge is 0.251 e. The van der Waals surface area contributed by atoms with Gasteiger partial charge in [0.05, 0.1) is 6.20 Å². The molecule has 1 aromatic carbocycles. The Hall–Kier alpha value is -2.71. The first-order valence-electron chi connectivity index (χ1n) is 8.86. The summed E-state index contributed by atoms with van der Waals surface area (Å²) >= 11 is 0. The molecule has 3 N–H and O–H groups in total. The summed E-state index contributed by atoms with van der Waals surface area (Å²) in [6, 6.07) is 6.79. The van der Waals surface area contributed by atoms with Crippen LogP contribution < -0.4 is 16.0 Å². The number of hydrogen-bond donors (Lipinski definition) is 3. The Balaban J connectivity index is 1.93. The Labute approximate surface area is 159 Å². The lowest BCUT2D eigenvalue weighted by Crippen LogP contribution is -2.35. The molecular weight excluding hydrogens is 344 g/mol. The van der Waals surface area contributed by atoms with E-state index in [-0.39, 0.29) is 11.8 Å². The average molecular weight is 372 g/mol. The van der Waals surface area contributed by atoms with E-state index in [9.17, 15) is 9.59 Å². The summed E-state index contributed by atoms with van der Waals surface area (Å²) in [6.07, 6.45) is 3.47. The number of rotatable bonds is 9. The number of nitrogens with zero attached hydrogens (tertiary/aromatic N) is 3. The van der Waals surface area contributed by atoms with Gasteiger partial charge in [0.1, 0.15) is 6.04 Å². The zero-order valence-corrected chi connectivity index (χ0v) is 16.3. The fourth-order valence-corrected chi connectivity index (χ4v) is 2.65. The van der Waals surface area contributed by atoms with Gasteiger partial charge >= 0.3 is 0 Å². The zero-order valence-electron chi connectivity index (χ0n) is 16.3. The molecule has 1 heterocycles. The van der Waals surface area contributed by atoms with Crippen molar-refractivity contribution in [3.63, 3.8) is 0 Å². The van der Waals surface area contributed by atoms with Crippen molar-refractivity contribution < 1.29 is 9.59 Å². The van der Waals surface area contributed by atoms with Gasteiger partial charge in [-0.15, -0.1) is 0 Å². The van der Waals surface area contributed by atoms with E-state index in [0.717, 1.165) is 17.7 Å². The molecule has 1 aromatic heterocycles. The highest BCUT2D eigenvalue weighted by atomic mass is 16.2. The summed E-state index contributed by atoms with van der Waals surface area (Å²) < 4.78 is 1.66. The van der Waals surface area contributed by atoms with Crippen LogP contribution >= 0.6 is 0 Å². The molecule has 1 unspecified atom stereocenters. The van der Waals surface area contributed by atoms with Crippen LogP contribution in [-0.2, 0) is 18.4 Å². The van der Waals surface area contributed by atoms with Crippen LogP contribution in [0.25, 0.3) is 0 Å². The third-order valence-electron chi connectivity index (χ3n) is 4.11. The first kappa shape index (κ1) is 20.6. The van der Waals surface area contributed by atoms with Gasteiger partial charge in [-0.05, 0) is 38.8 Å². The van der Waals surface area contributed by atoms with Gasteiger partial charge in [0.15, 0.2) is 0 Å². The van der Waals surface area contributed by atoms with E-state index in [1.54, 1.807) is 36.3 Å². The highest BCUT2D eigenvalue weighted by Crippen LogP contribution is 2.12. The average Bonchev–Trinajstić information content (AvgIpc) is 3.06. The first-order valence-corrected chi connectivity index (χ1v) is 8.86. The topological polar surface area (TPSA) is 91.3 Å². The Morgan fingerprint density at radius 1 is 1.26 bits per heavy atom. The van der Waals surface area contributed by atoms with Crippen LogP contribution in [-0.4, -0.2) is 60.7 Å². The lowest BCUT2D eigenvalue weighted by atomic mass is 10.1. The molecule has 0 fully saturated rings. The van der Waals surface area contributed by atoms with E-state index >= 15 is 0 Å². The standard InChI is InChI=1S/C19H28N6O2/c1-20-17(16-12-23-25(4)13-16)19(27)22-11-14-6-5-7-15(10-14)18(26)21-8-9-24(2)3/h5-7,10,12-13,17,20H,8-9,11H2,1-4H3,(H,21,26)(H,22,27). The Morgan fingerprint density at radius 3 is 2.67 bits per heavy atom. The highest BCUT2D eigenvalue weighted by Gasteiger charge is 2.19. The molecule has 0 radical (unpaired) electrons. The van der Waals surface area contributed by atoms with Crippen molar-refractivity contribution in [2.45, 2.75) is 12.6 Å². The van der Waals surface area contributed by atoms with Gasteiger partial charge in [0, 0.05) is 44.0 Å². The molecule has 0 aliphatic rings. The number of aromatic nitrogens is 2. The van der Waals surface area contributed by atoms with Crippen LogP contribution in [0.5, 0.6) is 0 Å². The molecule has 2 aromatic rings. The molecule has 0 saturated carbocycles. The van der Waals surface area contributed by atoms with Crippen molar-refractivity contribution in [2.75, 3.05) is 34.2 Å². The summed E-state index contributed by atoms with van der Waals surface area (Å²) in [5.74, 6) is -0.264. The molecular formula is C19H28N6O2. The van der Waals surface area contributed by atoms with Crippen molar-refractivity contribution in [3.8, 4) is 0 Å². The first-order chi connectivity index (χ1) is 12.9. The van der Waals surface area contributed by atoms with Crippen LogP contribution in [0, 0.1) is 0 Å². The number of likely N-dealkylation sites (N-methyl/N-ethyl adjacent to an activating group) is 2. The maximum atomic E-state index is 12.5. The van der Waals surface area contributed by atoms with Gasteiger partial charge < -0.3 is 20.9 Å². The van der Waals surface area contributed by atoms with E-state index in [2.05, 4.69) is 21.0 Å². The predicted molar refractivity (Wildman–Crippen MR) is 104 cm³/mol. The summed E-state index contributed by atoms with van der Waals surface area (Å²) in [6.45, 7) is 1.71. The highest BCUT2D eigenvalue weighted by molar-refractivity contribution is 5.94. The van der Waals surface area contributed by atoms with Crippen LogP contribution in [0.2, 0.25) is 0 Å². The van der Waals surface area contributed by atoms with Gasteiger partial charge in [-0.2, -0.15) is 5.10 Å². The largest absolute Gasteiger partial charge is 0.351 e. The van der Waals surface area contributed by atoms with E-state index in [1.807, 2.05) is 38.2 Å². The lowest BCUT2D eigenvalue weighted by Gasteiger charge is -2.15. The third-order valence-corrected chi connectivity index (χ3v) is 4.11. The summed E-state index contributed by atoms with van der Waals surface area (Å²) in [7, 11) is 7.46. The molecule has 1 atom stereocenters. The van der Waals surface area contributed by atoms with Crippen molar-refractivity contribution >= 4 is 11.8 Å². The number of benzene rings is 1. The molecule has 27 heavy (non-hydrogen) atoms. The van der Waals surface area contributed by atoms with Crippen LogP contribution in [0.4, 0.5) is 0 Å². The van der Waals surface area contributed by atoms with Crippen molar-refractivity contribution in [1.29, 1.82) is 0 Å². The molecule has 0 saturated heterocycles. The number of aryl methyl sites for hydroxylation is 1. The van der Waals surface area contributed by atoms with Crippen LogP contribution in [0.3, 0.4) is 0 Å². The Bertz CT molecular complexity index is 771. The maximum Gasteiger partial charge on any atom is 0.251 e. The molecule has 146 valence electrons. The minimum atomic E-state index is -0.476. The van der Waals surface area contributed by atoms with E-state index in [4.69, 9.17) is 0 Å². The SMILES string of the molecule is CNC(C(=O)NCc1cccc(C(=O)NCCN(C)C)c1)c1cnn(C)c1. The van der Waals surface area contributed by atoms with Crippen molar-refractivity contribution in [3.05, 3.63) is 53.3 Å². The quantitative estimate of drug-likeness (QED) is 0.589. The summed E-state index contributed by atoms with van der Waals surface area (Å²) in [5.41, 5.74) is 2.24. The second kappa shape index (κ2) is 9.84. The summed E-state index contributed by atoms with van der Waals surface area (Å²) in [4.78, 5) is 26.7. The second-order valence-corrected chi connectivity index (χ2v) is 6.65. The lowest BCUT2D eigenvalue weighted by molar-refractivity contribution is -0.123. The van der Waals surface area contributed by atoms with E-state index in [1.165, 1.54) is 0 Å². The second-order valence-electron chi connectivity index (χ2n) is 6.65. The summed E-state index contributed by atoms with van der Waals surface area (Å²) in [5, 5.41) is 12.9.